The molecule has 2 atom stereocenters. The highest BCUT2D eigenvalue weighted by Gasteiger charge is 2.33. The number of nitrogens with zero attached hydrogens (tertiary/aromatic N) is 1. The Hall–Kier alpha value is -0.380. The molecule has 20 heavy (non-hydrogen) atoms. The lowest BCUT2D eigenvalue weighted by atomic mass is 9.75. The molecule has 1 aromatic rings. The third-order valence-electron chi connectivity index (χ3n) is 4.82. The summed E-state index contributed by atoms with van der Waals surface area (Å²) < 4.78 is 0. The van der Waals surface area contributed by atoms with Gasteiger partial charge in [0, 0.05) is 10.9 Å². The summed E-state index contributed by atoms with van der Waals surface area (Å²) in [5.74, 6) is 0.844. The van der Waals surface area contributed by atoms with Crippen LogP contribution in [0.3, 0.4) is 0 Å². The molecule has 0 saturated carbocycles. The van der Waals surface area contributed by atoms with Crippen LogP contribution < -0.4 is 5.73 Å². The molecule has 114 valence electrons. The van der Waals surface area contributed by atoms with E-state index in [0.29, 0.717) is 11.5 Å². The molecule has 2 nitrogen and oxygen atoms in total. The number of nitrogens with two attached hydrogens (primary N) is 1. The van der Waals surface area contributed by atoms with Crippen LogP contribution in [0.25, 0.3) is 0 Å². The van der Waals surface area contributed by atoms with Crippen LogP contribution in [0.1, 0.15) is 57.0 Å². The van der Waals surface area contributed by atoms with Gasteiger partial charge in [-0.2, -0.15) is 0 Å². The van der Waals surface area contributed by atoms with E-state index in [2.05, 4.69) is 51.0 Å². The van der Waals surface area contributed by atoms with Gasteiger partial charge >= 0.3 is 0 Å². The van der Waals surface area contributed by atoms with Crippen LogP contribution in [0.15, 0.2) is 11.4 Å². The predicted octanol–water partition coefficient (Wildman–Crippen LogP) is 4.20. The molecule has 1 aromatic heterocycles. The van der Waals surface area contributed by atoms with E-state index in [9.17, 15) is 0 Å². The van der Waals surface area contributed by atoms with Crippen molar-refractivity contribution in [3.8, 4) is 0 Å². The smallest absolute Gasteiger partial charge is 0.0593 e. The van der Waals surface area contributed by atoms with E-state index in [1.165, 1.54) is 36.4 Å². The van der Waals surface area contributed by atoms with Crippen molar-refractivity contribution >= 4 is 11.3 Å². The maximum absolute atomic E-state index is 6.31. The van der Waals surface area contributed by atoms with Crippen molar-refractivity contribution in [3.05, 3.63) is 21.9 Å². The SMILES string of the molecule is Cc1ccsc1C(C(C)N)N1CCC(C(C)(C)C)CC1. The molecular weight excluding hydrogens is 264 g/mol. The van der Waals surface area contributed by atoms with Crippen LogP contribution in [0.4, 0.5) is 0 Å². The fourth-order valence-corrected chi connectivity index (χ4v) is 4.64. The minimum absolute atomic E-state index is 0.193. The van der Waals surface area contributed by atoms with Gasteiger partial charge in [0.15, 0.2) is 0 Å². The molecular formula is C17H30N2S. The van der Waals surface area contributed by atoms with Crippen LogP contribution in [-0.4, -0.2) is 24.0 Å². The van der Waals surface area contributed by atoms with Gasteiger partial charge in [0.25, 0.3) is 0 Å². The van der Waals surface area contributed by atoms with Gasteiger partial charge in [-0.15, -0.1) is 11.3 Å². The minimum Gasteiger partial charge on any atom is -0.326 e. The summed E-state index contributed by atoms with van der Waals surface area (Å²) in [5.41, 5.74) is 8.15. The van der Waals surface area contributed by atoms with Gasteiger partial charge in [-0.25, -0.2) is 0 Å². The average Bonchev–Trinajstić information content (AvgIpc) is 2.75. The van der Waals surface area contributed by atoms with Crippen LogP contribution in [-0.2, 0) is 0 Å². The summed E-state index contributed by atoms with van der Waals surface area (Å²) in [5, 5.41) is 2.20. The molecule has 2 unspecified atom stereocenters. The molecule has 1 fully saturated rings. The molecule has 1 saturated heterocycles. The largest absolute Gasteiger partial charge is 0.326 e. The lowest BCUT2D eigenvalue weighted by molar-refractivity contribution is 0.0759. The summed E-state index contributed by atoms with van der Waals surface area (Å²) in [7, 11) is 0. The highest BCUT2D eigenvalue weighted by molar-refractivity contribution is 7.10. The van der Waals surface area contributed by atoms with Crippen LogP contribution in [0.2, 0.25) is 0 Å². The van der Waals surface area contributed by atoms with E-state index in [1.54, 1.807) is 0 Å². The maximum Gasteiger partial charge on any atom is 0.0593 e. The Bertz CT molecular complexity index is 422. The van der Waals surface area contributed by atoms with Gasteiger partial charge in [-0.3, -0.25) is 4.90 Å². The number of likely N-dealkylation sites (tertiary alicyclic amines) is 1. The molecule has 0 amide bonds. The van der Waals surface area contributed by atoms with Crippen molar-refractivity contribution < 1.29 is 0 Å². The molecule has 1 aliphatic rings. The molecule has 1 aliphatic heterocycles. The summed E-state index contributed by atoms with van der Waals surface area (Å²) in [6.07, 6.45) is 2.61. The average molecular weight is 295 g/mol. The van der Waals surface area contributed by atoms with Crippen molar-refractivity contribution in [1.29, 1.82) is 0 Å². The molecule has 0 spiro atoms. The number of aryl methyl sites for hydroxylation is 1. The minimum atomic E-state index is 0.193. The fraction of sp³-hybridized carbons (Fsp3) is 0.765. The Morgan fingerprint density at radius 2 is 1.90 bits per heavy atom. The van der Waals surface area contributed by atoms with Crippen LogP contribution in [0.5, 0.6) is 0 Å². The molecule has 0 bridgehead atoms. The van der Waals surface area contributed by atoms with Gasteiger partial charge in [0.05, 0.1) is 6.04 Å². The van der Waals surface area contributed by atoms with Crippen molar-refractivity contribution in [2.24, 2.45) is 17.1 Å². The molecule has 2 N–H and O–H groups in total. The van der Waals surface area contributed by atoms with Gasteiger partial charge < -0.3 is 5.73 Å². The standard InChI is InChI=1S/C17H30N2S/c1-12-8-11-20-16(12)15(13(2)18)19-9-6-14(7-10-19)17(3,4)5/h8,11,13-15H,6-7,9-10,18H2,1-5H3. The van der Waals surface area contributed by atoms with E-state index in [1.807, 2.05) is 11.3 Å². The van der Waals surface area contributed by atoms with Gasteiger partial charge in [0.1, 0.15) is 0 Å². The molecule has 0 radical (unpaired) electrons. The molecule has 2 heterocycles. The van der Waals surface area contributed by atoms with E-state index >= 15 is 0 Å². The maximum atomic E-state index is 6.31. The lowest BCUT2D eigenvalue weighted by Gasteiger charge is -2.43. The highest BCUT2D eigenvalue weighted by atomic mass is 32.1. The normalized spacial score (nSPS) is 21.9. The lowest BCUT2D eigenvalue weighted by Crippen LogP contribution is -2.45. The highest BCUT2D eigenvalue weighted by Crippen LogP contribution is 2.38. The summed E-state index contributed by atoms with van der Waals surface area (Å²) in [4.78, 5) is 4.08. The quantitative estimate of drug-likeness (QED) is 0.905. The topological polar surface area (TPSA) is 29.3 Å². The number of rotatable bonds is 3. The number of piperidine rings is 1. The first-order chi connectivity index (χ1) is 9.30. The Labute approximate surface area is 128 Å². The van der Waals surface area contributed by atoms with Gasteiger partial charge in [-0.1, -0.05) is 20.8 Å². The molecule has 0 aromatic carbocycles. The molecule has 3 heteroatoms. The second-order valence-corrected chi connectivity index (χ2v) is 8.40. The second-order valence-electron chi connectivity index (χ2n) is 7.45. The first kappa shape index (κ1) is 16.0. The molecule has 0 aliphatic carbocycles. The summed E-state index contributed by atoms with van der Waals surface area (Å²) in [6, 6.07) is 2.81. The Kier molecular flexibility index (Phi) is 4.93. The third kappa shape index (κ3) is 3.44. The van der Waals surface area contributed by atoms with Crippen molar-refractivity contribution in [3.63, 3.8) is 0 Å². The first-order valence-corrected chi connectivity index (χ1v) is 8.72. The van der Waals surface area contributed by atoms with Crippen LogP contribution in [0, 0.1) is 18.3 Å². The number of hydrogen-bond donors (Lipinski definition) is 1. The summed E-state index contributed by atoms with van der Waals surface area (Å²) in [6.45, 7) is 13.9. The molecule has 2 rings (SSSR count). The van der Waals surface area contributed by atoms with Gasteiger partial charge in [0.2, 0.25) is 0 Å². The van der Waals surface area contributed by atoms with E-state index in [0.717, 1.165) is 5.92 Å². The monoisotopic (exact) mass is 294 g/mol. The fourth-order valence-electron chi connectivity index (χ4n) is 3.47. The van der Waals surface area contributed by atoms with Crippen molar-refractivity contribution in [2.45, 2.75) is 59.5 Å². The zero-order chi connectivity index (χ0) is 14.9. The van der Waals surface area contributed by atoms with Gasteiger partial charge in [-0.05, 0) is 68.1 Å². The van der Waals surface area contributed by atoms with Crippen LogP contribution >= 0.6 is 11.3 Å². The van der Waals surface area contributed by atoms with Crippen molar-refractivity contribution in [1.82, 2.24) is 4.90 Å². The zero-order valence-corrected chi connectivity index (χ0v) is 14.5. The van der Waals surface area contributed by atoms with Crippen molar-refractivity contribution in [2.75, 3.05) is 13.1 Å². The Morgan fingerprint density at radius 3 is 2.30 bits per heavy atom. The third-order valence-corrected chi connectivity index (χ3v) is 5.91. The first-order valence-electron chi connectivity index (χ1n) is 7.84. The number of thiophene rings is 1. The van der Waals surface area contributed by atoms with E-state index in [-0.39, 0.29) is 6.04 Å². The summed E-state index contributed by atoms with van der Waals surface area (Å²) >= 11 is 1.86. The van der Waals surface area contributed by atoms with E-state index < -0.39 is 0 Å². The Balaban J connectivity index is 2.09. The second kappa shape index (κ2) is 6.17. The Morgan fingerprint density at radius 1 is 1.30 bits per heavy atom. The zero-order valence-electron chi connectivity index (χ0n) is 13.6. The number of hydrogen-bond acceptors (Lipinski definition) is 3. The predicted molar refractivity (Wildman–Crippen MR) is 89.2 cm³/mol. The van der Waals surface area contributed by atoms with E-state index in [4.69, 9.17) is 5.73 Å².